The highest BCUT2D eigenvalue weighted by Crippen LogP contribution is 2.10. The average molecular weight is 201 g/mol. The van der Waals surface area contributed by atoms with Crippen LogP contribution in [0.5, 0.6) is 0 Å². The molecule has 2 nitrogen and oxygen atoms in total. The van der Waals surface area contributed by atoms with Gasteiger partial charge in [0.2, 0.25) is 0 Å². The number of thiocarbonyl (C=S) groups is 1. The van der Waals surface area contributed by atoms with Crippen molar-refractivity contribution < 1.29 is 0 Å². The van der Waals surface area contributed by atoms with Gasteiger partial charge in [-0.2, -0.15) is 0 Å². The average Bonchev–Trinajstić information content (AvgIpc) is 2.04. The Morgan fingerprint density at radius 3 is 2.33 bits per heavy atom. The van der Waals surface area contributed by atoms with Crippen molar-refractivity contribution in [3.8, 4) is 0 Å². The lowest BCUT2D eigenvalue weighted by atomic mass is 10.2. The van der Waals surface area contributed by atoms with E-state index in [1.54, 1.807) is 19.2 Å². The van der Waals surface area contributed by atoms with E-state index in [1.165, 1.54) is 5.01 Å². The molecule has 0 saturated carbocycles. The van der Waals surface area contributed by atoms with Gasteiger partial charge in [0.1, 0.15) is 4.99 Å². The van der Waals surface area contributed by atoms with Gasteiger partial charge in [0.25, 0.3) is 0 Å². The maximum Gasteiger partial charge on any atom is 0.122 e. The van der Waals surface area contributed by atoms with E-state index in [2.05, 4.69) is 0 Å². The number of hydrogen-bond acceptors (Lipinski definition) is 2. The van der Waals surface area contributed by atoms with E-state index < -0.39 is 0 Å². The van der Waals surface area contributed by atoms with Crippen LogP contribution in [0.15, 0.2) is 24.3 Å². The summed E-state index contributed by atoms with van der Waals surface area (Å²) in [5.41, 5.74) is 0.902. The van der Waals surface area contributed by atoms with Gasteiger partial charge < -0.3 is 5.01 Å². The Bertz CT molecular complexity index is 282. The number of nitrogens with zero attached hydrogens (tertiary/aromatic N) is 1. The summed E-state index contributed by atoms with van der Waals surface area (Å²) in [5, 5.41) is 2.10. The molecule has 0 fully saturated rings. The molecule has 0 aliphatic heterocycles. The Labute approximate surface area is 81.9 Å². The molecule has 0 saturated heterocycles. The van der Waals surface area contributed by atoms with Crippen LogP contribution in [0.2, 0.25) is 5.02 Å². The standard InChI is InChI=1S/C8H9ClN2S/c1-11(10)8(12)6-2-4-7(9)5-3-6/h2-5H,10H2,1H3. The molecule has 0 unspecified atom stereocenters. The summed E-state index contributed by atoms with van der Waals surface area (Å²) in [4.78, 5) is 0.603. The smallest absolute Gasteiger partial charge is 0.122 e. The Morgan fingerprint density at radius 2 is 1.92 bits per heavy atom. The highest BCUT2D eigenvalue weighted by Gasteiger charge is 2.01. The minimum Gasteiger partial charge on any atom is -0.304 e. The summed E-state index contributed by atoms with van der Waals surface area (Å²) >= 11 is 10.8. The summed E-state index contributed by atoms with van der Waals surface area (Å²) in [6, 6.07) is 7.25. The second-order valence-electron chi connectivity index (χ2n) is 2.42. The Balaban J connectivity index is 2.90. The van der Waals surface area contributed by atoms with Gasteiger partial charge in [-0.3, -0.25) is 0 Å². The molecule has 1 rings (SSSR count). The number of hydrogen-bond donors (Lipinski definition) is 1. The van der Waals surface area contributed by atoms with Crippen molar-refractivity contribution in [2.75, 3.05) is 7.05 Å². The monoisotopic (exact) mass is 200 g/mol. The fourth-order valence-corrected chi connectivity index (χ4v) is 1.06. The van der Waals surface area contributed by atoms with Crippen LogP contribution in [0.1, 0.15) is 5.56 Å². The van der Waals surface area contributed by atoms with Crippen LogP contribution >= 0.6 is 23.8 Å². The van der Waals surface area contributed by atoms with Crippen molar-refractivity contribution in [3.05, 3.63) is 34.9 Å². The summed E-state index contributed by atoms with van der Waals surface area (Å²) in [6.07, 6.45) is 0. The van der Waals surface area contributed by atoms with Crippen LogP contribution in [0.4, 0.5) is 0 Å². The van der Waals surface area contributed by atoms with E-state index in [1.807, 2.05) is 12.1 Å². The van der Waals surface area contributed by atoms with Gasteiger partial charge in [-0.05, 0) is 12.1 Å². The van der Waals surface area contributed by atoms with Crippen LogP contribution < -0.4 is 5.84 Å². The quantitative estimate of drug-likeness (QED) is 0.426. The van der Waals surface area contributed by atoms with Gasteiger partial charge in [-0.1, -0.05) is 36.0 Å². The Kier molecular flexibility index (Phi) is 3.03. The summed E-state index contributed by atoms with van der Waals surface area (Å²) in [7, 11) is 1.71. The molecule has 0 aliphatic rings. The number of rotatable bonds is 1. The van der Waals surface area contributed by atoms with Crippen molar-refractivity contribution >= 4 is 28.8 Å². The molecule has 0 radical (unpaired) electrons. The maximum absolute atomic E-state index is 5.71. The molecule has 12 heavy (non-hydrogen) atoms. The molecule has 1 aromatic rings. The molecule has 0 amide bonds. The molecule has 0 atom stereocenters. The number of halogens is 1. The third-order valence-electron chi connectivity index (χ3n) is 1.41. The zero-order valence-corrected chi connectivity index (χ0v) is 8.19. The van der Waals surface area contributed by atoms with Gasteiger partial charge >= 0.3 is 0 Å². The fraction of sp³-hybridized carbons (Fsp3) is 0.125. The molecular formula is C8H9ClN2S. The van der Waals surface area contributed by atoms with Crippen LogP contribution in [0.3, 0.4) is 0 Å². The minimum atomic E-state index is 0.603. The second kappa shape index (κ2) is 3.85. The molecule has 64 valence electrons. The van der Waals surface area contributed by atoms with E-state index in [-0.39, 0.29) is 0 Å². The zero-order chi connectivity index (χ0) is 9.14. The van der Waals surface area contributed by atoms with Gasteiger partial charge in [0.05, 0.1) is 0 Å². The van der Waals surface area contributed by atoms with Crippen molar-refractivity contribution in [1.29, 1.82) is 0 Å². The summed E-state index contributed by atoms with van der Waals surface area (Å²) in [6.45, 7) is 0. The first-order valence-electron chi connectivity index (χ1n) is 3.39. The number of nitrogens with two attached hydrogens (primary N) is 1. The fourth-order valence-electron chi connectivity index (χ4n) is 0.796. The van der Waals surface area contributed by atoms with Crippen molar-refractivity contribution in [3.63, 3.8) is 0 Å². The van der Waals surface area contributed by atoms with E-state index in [0.717, 1.165) is 5.56 Å². The van der Waals surface area contributed by atoms with Gasteiger partial charge in [0.15, 0.2) is 0 Å². The minimum absolute atomic E-state index is 0.603. The molecule has 2 N–H and O–H groups in total. The molecular weight excluding hydrogens is 192 g/mol. The van der Waals surface area contributed by atoms with Crippen molar-refractivity contribution in [2.24, 2.45) is 5.84 Å². The third kappa shape index (κ3) is 2.17. The topological polar surface area (TPSA) is 29.3 Å². The zero-order valence-electron chi connectivity index (χ0n) is 6.62. The van der Waals surface area contributed by atoms with E-state index in [9.17, 15) is 0 Å². The highest BCUT2D eigenvalue weighted by atomic mass is 35.5. The lowest BCUT2D eigenvalue weighted by molar-refractivity contribution is 0.550. The SMILES string of the molecule is CN(N)C(=S)c1ccc(Cl)cc1. The van der Waals surface area contributed by atoms with Gasteiger partial charge in [-0.15, -0.1) is 0 Å². The normalized spacial score (nSPS) is 9.58. The first-order chi connectivity index (χ1) is 5.61. The number of benzene rings is 1. The molecule has 1 aromatic carbocycles. The molecule has 0 aliphatic carbocycles. The summed E-state index contributed by atoms with van der Waals surface area (Å²) < 4.78 is 0. The predicted octanol–water partition coefficient (Wildman–Crippen LogP) is 1.82. The lowest BCUT2D eigenvalue weighted by Crippen LogP contribution is -2.32. The van der Waals surface area contributed by atoms with Crippen LogP contribution in [-0.4, -0.2) is 17.0 Å². The Hall–Kier alpha value is -0.640. The third-order valence-corrected chi connectivity index (χ3v) is 2.19. The molecule has 0 aromatic heterocycles. The Morgan fingerprint density at radius 1 is 1.42 bits per heavy atom. The molecule has 0 heterocycles. The van der Waals surface area contributed by atoms with Crippen molar-refractivity contribution in [1.82, 2.24) is 5.01 Å². The largest absolute Gasteiger partial charge is 0.304 e. The van der Waals surface area contributed by atoms with Crippen molar-refractivity contribution in [2.45, 2.75) is 0 Å². The summed E-state index contributed by atoms with van der Waals surface area (Å²) in [5.74, 6) is 5.47. The lowest BCUT2D eigenvalue weighted by Gasteiger charge is -2.12. The first-order valence-corrected chi connectivity index (χ1v) is 4.18. The highest BCUT2D eigenvalue weighted by molar-refractivity contribution is 7.80. The van der Waals surface area contributed by atoms with Crippen LogP contribution in [0.25, 0.3) is 0 Å². The molecule has 0 spiro atoms. The van der Waals surface area contributed by atoms with E-state index in [0.29, 0.717) is 10.0 Å². The first kappa shape index (κ1) is 9.45. The number of hydrazine groups is 1. The second-order valence-corrected chi connectivity index (χ2v) is 3.25. The van der Waals surface area contributed by atoms with Gasteiger partial charge in [0, 0.05) is 17.6 Å². The predicted molar refractivity (Wildman–Crippen MR) is 55.1 cm³/mol. The van der Waals surface area contributed by atoms with E-state index in [4.69, 9.17) is 29.7 Å². The van der Waals surface area contributed by atoms with Crippen LogP contribution in [0, 0.1) is 0 Å². The van der Waals surface area contributed by atoms with Crippen LogP contribution in [-0.2, 0) is 0 Å². The van der Waals surface area contributed by atoms with Gasteiger partial charge in [-0.25, -0.2) is 5.84 Å². The molecule has 0 bridgehead atoms. The maximum atomic E-state index is 5.71. The molecule has 4 heteroatoms. The van der Waals surface area contributed by atoms with E-state index >= 15 is 0 Å².